The lowest BCUT2D eigenvalue weighted by Crippen LogP contribution is -2.05. The fourth-order valence-electron chi connectivity index (χ4n) is 0.904. The second-order valence-electron chi connectivity index (χ2n) is 2.86. The lowest BCUT2D eigenvalue weighted by Gasteiger charge is -2.04. The number of rotatable bonds is 3. The van der Waals surface area contributed by atoms with Gasteiger partial charge in [-0.15, -0.1) is 0 Å². The zero-order valence-corrected chi connectivity index (χ0v) is 9.63. The van der Waals surface area contributed by atoms with Crippen LogP contribution in [0.25, 0.3) is 0 Å². The maximum absolute atomic E-state index is 10.8. The third-order valence-corrected chi connectivity index (χ3v) is 1.99. The molecule has 0 bridgehead atoms. The van der Waals surface area contributed by atoms with E-state index in [9.17, 15) is 4.79 Å². The van der Waals surface area contributed by atoms with Crippen molar-refractivity contribution >= 4 is 21.9 Å². The molecule has 1 aromatic rings. The molecule has 0 unspecified atom stereocenters. The van der Waals surface area contributed by atoms with Crippen LogP contribution in [0.4, 0.5) is 0 Å². The Morgan fingerprint density at radius 1 is 1.43 bits per heavy atom. The van der Waals surface area contributed by atoms with Crippen molar-refractivity contribution in [3.05, 3.63) is 28.2 Å². The highest BCUT2D eigenvalue weighted by atomic mass is 79.9. The first kappa shape index (κ1) is 11.0. The predicted molar refractivity (Wildman–Crippen MR) is 55.9 cm³/mol. The van der Waals surface area contributed by atoms with Crippen LogP contribution in [0.5, 0.6) is 5.75 Å². The van der Waals surface area contributed by atoms with Crippen LogP contribution in [-0.2, 0) is 9.68 Å². The monoisotopic (exact) mass is 258 g/mol. The van der Waals surface area contributed by atoms with Crippen LogP contribution in [0.15, 0.2) is 22.7 Å². The Labute approximate surface area is 91.1 Å². The number of aryl methyl sites for hydroxylation is 1. The molecule has 3 nitrogen and oxygen atoms in total. The molecule has 4 heteroatoms. The van der Waals surface area contributed by atoms with Gasteiger partial charge >= 0.3 is 5.97 Å². The molecule has 0 heterocycles. The summed E-state index contributed by atoms with van der Waals surface area (Å²) in [6.45, 7) is 3.64. The van der Waals surface area contributed by atoms with Crippen molar-refractivity contribution in [2.24, 2.45) is 0 Å². The van der Waals surface area contributed by atoms with Crippen LogP contribution in [0, 0.1) is 6.92 Å². The summed E-state index contributed by atoms with van der Waals surface area (Å²) < 4.78 is 0.889. The molecule has 0 spiro atoms. The largest absolute Gasteiger partial charge is 0.355 e. The minimum atomic E-state index is -0.386. The van der Waals surface area contributed by atoms with E-state index in [1.165, 1.54) is 0 Å². The maximum atomic E-state index is 10.8. The Hall–Kier alpha value is -1.03. The van der Waals surface area contributed by atoms with E-state index in [4.69, 9.17) is 4.89 Å². The fraction of sp³-hybridized carbons (Fsp3) is 0.300. The van der Waals surface area contributed by atoms with E-state index >= 15 is 0 Å². The summed E-state index contributed by atoms with van der Waals surface area (Å²) in [4.78, 5) is 20.2. The third-order valence-electron chi connectivity index (χ3n) is 1.54. The van der Waals surface area contributed by atoms with Crippen molar-refractivity contribution < 1.29 is 14.6 Å². The molecule has 0 aromatic heterocycles. The van der Waals surface area contributed by atoms with Gasteiger partial charge in [-0.05, 0) is 30.7 Å². The molecule has 1 aromatic carbocycles. The zero-order valence-electron chi connectivity index (χ0n) is 8.04. The summed E-state index contributed by atoms with van der Waals surface area (Å²) in [6.07, 6.45) is 0.299. The number of halogens is 1. The molecular formula is C10H11BrO3. The van der Waals surface area contributed by atoms with Gasteiger partial charge in [-0.3, -0.25) is 9.78 Å². The Morgan fingerprint density at radius 3 is 2.71 bits per heavy atom. The number of benzene rings is 1. The Bertz CT molecular complexity index is 316. The van der Waals surface area contributed by atoms with Crippen LogP contribution < -0.4 is 4.89 Å². The van der Waals surface area contributed by atoms with Gasteiger partial charge in [0.25, 0.3) is 0 Å². The molecule has 0 aliphatic rings. The standard InChI is InChI=1S/C10H11BrO3/c1-3-10(12)14-13-9-5-7(2)4-8(11)6-9/h4-6H,3H2,1-2H3. The van der Waals surface area contributed by atoms with E-state index < -0.39 is 0 Å². The first-order chi connectivity index (χ1) is 6.61. The Balaban J connectivity index is 2.63. The molecule has 76 valence electrons. The number of carbonyl (C=O) groups is 1. The number of hydrogen-bond donors (Lipinski definition) is 0. The SMILES string of the molecule is CCC(=O)OOc1cc(C)cc(Br)c1. The molecule has 0 saturated heterocycles. The van der Waals surface area contributed by atoms with Crippen molar-refractivity contribution in [1.29, 1.82) is 0 Å². The van der Waals surface area contributed by atoms with Crippen LogP contribution in [0.1, 0.15) is 18.9 Å². The van der Waals surface area contributed by atoms with Gasteiger partial charge in [-0.1, -0.05) is 22.9 Å². The van der Waals surface area contributed by atoms with E-state index in [1.807, 2.05) is 13.0 Å². The third kappa shape index (κ3) is 3.38. The highest BCUT2D eigenvalue weighted by Gasteiger charge is 2.02. The Kier molecular flexibility index (Phi) is 3.95. The van der Waals surface area contributed by atoms with Crippen LogP contribution >= 0.6 is 15.9 Å². The summed E-state index contributed by atoms with van der Waals surface area (Å²) in [5, 5.41) is 0. The number of carbonyl (C=O) groups excluding carboxylic acids is 1. The second kappa shape index (κ2) is 5.00. The minimum absolute atomic E-state index is 0.299. The van der Waals surface area contributed by atoms with Gasteiger partial charge in [0.1, 0.15) is 0 Å². The summed E-state index contributed by atoms with van der Waals surface area (Å²) in [7, 11) is 0. The predicted octanol–water partition coefficient (Wildman–Crippen LogP) is 3.00. The van der Waals surface area contributed by atoms with Gasteiger partial charge in [0.15, 0.2) is 5.75 Å². The smallest absolute Gasteiger partial charge is 0.287 e. The first-order valence-electron chi connectivity index (χ1n) is 4.26. The second-order valence-corrected chi connectivity index (χ2v) is 3.77. The van der Waals surface area contributed by atoms with Gasteiger partial charge in [0, 0.05) is 10.9 Å². The van der Waals surface area contributed by atoms with Crippen molar-refractivity contribution in [2.75, 3.05) is 0 Å². The lowest BCUT2D eigenvalue weighted by atomic mass is 10.2. The fourth-order valence-corrected chi connectivity index (χ4v) is 1.49. The highest BCUT2D eigenvalue weighted by molar-refractivity contribution is 9.10. The average Bonchev–Trinajstić information content (AvgIpc) is 2.12. The lowest BCUT2D eigenvalue weighted by molar-refractivity contribution is -0.213. The Morgan fingerprint density at radius 2 is 2.14 bits per heavy atom. The quantitative estimate of drug-likeness (QED) is 0.618. The van der Waals surface area contributed by atoms with E-state index in [-0.39, 0.29) is 5.97 Å². The summed E-state index contributed by atoms with van der Waals surface area (Å²) >= 11 is 3.32. The number of hydrogen-bond acceptors (Lipinski definition) is 3. The first-order valence-corrected chi connectivity index (χ1v) is 5.05. The zero-order chi connectivity index (χ0) is 10.6. The van der Waals surface area contributed by atoms with Gasteiger partial charge in [0.05, 0.1) is 0 Å². The van der Waals surface area contributed by atoms with Crippen LogP contribution in [0.2, 0.25) is 0 Å². The van der Waals surface area contributed by atoms with Crippen LogP contribution in [-0.4, -0.2) is 5.97 Å². The van der Waals surface area contributed by atoms with Crippen molar-refractivity contribution in [2.45, 2.75) is 20.3 Å². The van der Waals surface area contributed by atoms with E-state index in [1.54, 1.807) is 19.1 Å². The molecule has 0 amide bonds. The minimum Gasteiger partial charge on any atom is -0.287 e. The topological polar surface area (TPSA) is 35.5 Å². The molecule has 0 radical (unpaired) electrons. The molecule has 1 rings (SSSR count). The van der Waals surface area contributed by atoms with Gasteiger partial charge in [-0.25, -0.2) is 4.79 Å². The highest BCUT2D eigenvalue weighted by Crippen LogP contribution is 2.21. The van der Waals surface area contributed by atoms with E-state index in [2.05, 4.69) is 20.8 Å². The van der Waals surface area contributed by atoms with Gasteiger partial charge < -0.3 is 0 Å². The average molecular weight is 259 g/mol. The maximum Gasteiger partial charge on any atom is 0.355 e. The van der Waals surface area contributed by atoms with E-state index in [0.717, 1.165) is 10.0 Å². The van der Waals surface area contributed by atoms with Gasteiger partial charge in [0.2, 0.25) is 0 Å². The molecule has 0 fully saturated rings. The molecular weight excluding hydrogens is 248 g/mol. The summed E-state index contributed by atoms with van der Waals surface area (Å²) in [6, 6.07) is 5.46. The molecule has 0 aliphatic heterocycles. The summed E-state index contributed by atoms with van der Waals surface area (Å²) in [5.74, 6) is 0.126. The normalized spacial score (nSPS) is 9.64. The summed E-state index contributed by atoms with van der Waals surface area (Å²) in [5.41, 5.74) is 1.03. The molecule has 0 atom stereocenters. The van der Waals surface area contributed by atoms with E-state index in [0.29, 0.717) is 12.2 Å². The molecule has 0 saturated carbocycles. The van der Waals surface area contributed by atoms with Gasteiger partial charge in [-0.2, -0.15) is 0 Å². The molecule has 0 aliphatic carbocycles. The van der Waals surface area contributed by atoms with Crippen molar-refractivity contribution in [3.63, 3.8) is 0 Å². The molecule has 0 N–H and O–H groups in total. The molecule has 14 heavy (non-hydrogen) atoms. The van der Waals surface area contributed by atoms with Crippen molar-refractivity contribution in [1.82, 2.24) is 0 Å². The van der Waals surface area contributed by atoms with Crippen molar-refractivity contribution in [3.8, 4) is 5.75 Å². The van der Waals surface area contributed by atoms with Crippen LogP contribution in [0.3, 0.4) is 0 Å².